The summed E-state index contributed by atoms with van der Waals surface area (Å²) >= 11 is 0. The van der Waals surface area contributed by atoms with Crippen LogP contribution in [0.15, 0.2) is 0 Å². The minimum atomic E-state index is -1.40. The number of carbonyl (C=O) groups is 1. The van der Waals surface area contributed by atoms with E-state index in [9.17, 15) is 20.0 Å². The lowest BCUT2D eigenvalue weighted by Gasteiger charge is -2.39. The zero-order valence-electron chi connectivity index (χ0n) is 11.5. The fourth-order valence-corrected chi connectivity index (χ4v) is 3.79. The number of ketones is 1. The van der Waals surface area contributed by atoms with Crippen LogP contribution < -0.4 is 0 Å². The predicted molar refractivity (Wildman–Crippen MR) is 70.3 cm³/mol. The van der Waals surface area contributed by atoms with Gasteiger partial charge in [-0.15, -0.1) is 0 Å². The summed E-state index contributed by atoms with van der Waals surface area (Å²) in [6, 6.07) is 0. The molecular formula is C14H23NO4. The summed E-state index contributed by atoms with van der Waals surface area (Å²) in [5.74, 6) is -0.912. The van der Waals surface area contributed by atoms with Crippen molar-refractivity contribution in [2.75, 3.05) is 0 Å². The van der Waals surface area contributed by atoms with Crippen molar-refractivity contribution in [3.05, 3.63) is 10.1 Å². The van der Waals surface area contributed by atoms with Crippen molar-refractivity contribution in [3.63, 3.8) is 0 Å². The number of rotatable bonds is 4. The first-order chi connectivity index (χ1) is 9.03. The highest BCUT2D eigenvalue weighted by Crippen LogP contribution is 2.44. The van der Waals surface area contributed by atoms with Gasteiger partial charge in [0.05, 0.1) is 12.0 Å². The van der Waals surface area contributed by atoms with Crippen LogP contribution in [0.5, 0.6) is 0 Å². The topological polar surface area (TPSA) is 80.4 Å². The lowest BCUT2D eigenvalue weighted by molar-refractivity contribution is -0.558. The maximum Gasteiger partial charge on any atom is 0.279 e. The number of aliphatic hydroxyl groups excluding tert-OH is 1. The van der Waals surface area contributed by atoms with Crippen molar-refractivity contribution in [3.8, 4) is 0 Å². The number of nitrogens with zero attached hydrogens (tertiary/aromatic N) is 1. The summed E-state index contributed by atoms with van der Waals surface area (Å²) in [5.41, 5.74) is -1.40. The summed E-state index contributed by atoms with van der Waals surface area (Å²) in [4.78, 5) is 23.5. The molecule has 108 valence electrons. The first-order valence-corrected chi connectivity index (χ1v) is 7.40. The Labute approximate surface area is 113 Å². The van der Waals surface area contributed by atoms with Crippen LogP contribution in [-0.4, -0.2) is 27.5 Å². The molecule has 4 atom stereocenters. The Kier molecular flexibility index (Phi) is 4.23. The SMILES string of the molecule is CCCC[C@@H]1C[C@]2([N+](=O)[O-])CCCC[C@@H](C2=O)[C@H]1O. The lowest BCUT2D eigenvalue weighted by atomic mass is 9.66. The van der Waals surface area contributed by atoms with E-state index in [1.54, 1.807) is 0 Å². The van der Waals surface area contributed by atoms with Crippen LogP contribution in [0.4, 0.5) is 0 Å². The molecule has 19 heavy (non-hydrogen) atoms. The van der Waals surface area contributed by atoms with Gasteiger partial charge < -0.3 is 5.11 Å². The van der Waals surface area contributed by atoms with Crippen LogP contribution in [0.2, 0.25) is 0 Å². The van der Waals surface area contributed by atoms with E-state index in [1.165, 1.54) is 0 Å². The Balaban J connectivity index is 2.29. The molecule has 0 aromatic carbocycles. The molecule has 5 nitrogen and oxygen atoms in total. The van der Waals surface area contributed by atoms with Crippen molar-refractivity contribution >= 4 is 5.78 Å². The highest BCUT2D eigenvalue weighted by atomic mass is 16.6. The normalized spacial score (nSPS) is 38.8. The molecule has 0 amide bonds. The highest BCUT2D eigenvalue weighted by Gasteiger charge is 2.60. The van der Waals surface area contributed by atoms with Crippen molar-refractivity contribution < 1.29 is 14.8 Å². The molecule has 0 heterocycles. The van der Waals surface area contributed by atoms with Crippen LogP contribution in [0, 0.1) is 22.0 Å². The van der Waals surface area contributed by atoms with E-state index >= 15 is 0 Å². The van der Waals surface area contributed by atoms with Crippen molar-refractivity contribution in [1.82, 2.24) is 0 Å². The predicted octanol–water partition coefficient (Wildman–Crippen LogP) is 2.33. The van der Waals surface area contributed by atoms with Crippen LogP contribution in [0.3, 0.4) is 0 Å². The van der Waals surface area contributed by atoms with Gasteiger partial charge in [0, 0.05) is 17.8 Å². The Morgan fingerprint density at radius 2 is 2.21 bits per heavy atom. The molecule has 1 N–H and O–H groups in total. The third-order valence-corrected chi connectivity index (χ3v) is 4.92. The van der Waals surface area contributed by atoms with Gasteiger partial charge in [-0.25, -0.2) is 0 Å². The molecule has 0 spiro atoms. The fraction of sp³-hybridized carbons (Fsp3) is 0.929. The Morgan fingerprint density at radius 3 is 2.84 bits per heavy atom. The van der Waals surface area contributed by atoms with E-state index in [4.69, 9.17) is 0 Å². The third kappa shape index (κ3) is 2.40. The van der Waals surface area contributed by atoms with Crippen LogP contribution in [0.1, 0.15) is 58.3 Å². The molecular weight excluding hydrogens is 246 g/mol. The van der Waals surface area contributed by atoms with E-state index in [0.29, 0.717) is 12.8 Å². The van der Waals surface area contributed by atoms with Gasteiger partial charge in [0.15, 0.2) is 0 Å². The van der Waals surface area contributed by atoms with E-state index < -0.39 is 17.6 Å². The Hall–Kier alpha value is -0.970. The molecule has 0 aromatic heterocycles. The third-order valence-electron chi connectivity index (χ3n) is 4.92. The van der Waals surface area contributed by atoms with E-state index in [-0.39, 0.29) is 23.0 Å². The van der Waals surface area contributed by atoms with Gasteiger partial charge in [-0.2, -0.15) is 0 Å². The van der Waals surface area contributed by atoms with Gasteiger partial charge in [-0.05, 0) is 25.2 Å². The summed E-state index contributed by atoms with van der Waals surface area (Å²) in [6.45, 7) is 2.07. The summed E-state index contributed by atoms with van der Waals surface area (Å²) in [5, 5.41) is 21.8. The first kappa shape index (κ1) is 14.4. The number of Topliss-reactive ketones (excluding diaryl/α,β-unsaturated/α-hetero) is 1. The van der Waals surface area contributed by atoms with Gasteiger partial charge >= 0.3 is 0 Å². The molecule has 2 aliphatic rings. The number of carbonyl (C=O) groups excluding carboxylic acids is 1. The van der Waals surface area contributed by atoms with Gasteiger partial charge in [-0.3, -0.25) is 14.9 Å². The second-order valence-corrected chi connectivity index (χ2v) is 6.10. The molecule has 2 saturated carbocycles. The quantitative estimate of drug-likeness (QED) is 0.627. The smallest absolute Gasteiger partial charge is 0.279 e. The molecule has 2 bridgehead atoms. The van der Waals surface area contributed by atoms with E-state index in [0.717, 1.165) is 32.1 Å². The Morgan fingerprint density at radius 1 is 1.47 bits per heavy atom. The van der Waals surface area contributed by atoms with Crippen LogP contribution in [-0.2, 0) is 4.79 Å². The number of fused-ring (bicyclic) bond motifs is 2. The zero-order chi connectivity index (χ0) is 14.0. The maximum atomic E-state index is 12.4. The van der Waals surface area contributed by atoms with Gasteiger partial charge in [-0.1, -0.05) is 26.2 Å². The van der Waals surface area contributed by atoms with Gasteiger partial charge in [0.2, 0.25) is 5.78 Å². The number of hydrogen-bond acceptors (Lipinski definition) is 4. The van der Waals surface area contributed by atoms with Crippen molar-refractivity contribution in [2.24, 2.45) is 11.8 Å². The monoisotopic (exact) mass is 269 g/mol. The molecule has 0 saturated heterocycles. The summed E-state index contributed by atoms with van der Waals surface area (Å²) in [6.07, 6.45) is 4.80. The first-order valence-electron chi connectivity index (χ1n) is 7.40. The number of aliphatic hydroxyl groups is 1. The van der Waals surface area contributed by atoms with Gasteiger partial charge in [0.25, 0.3) is 5.54 Å². The largest absolute Gasteiger partial charge is 0.392 e. The van der Waals surface area contributed by atoms with Gasteiger partial charge in [0.1, 0.15) is 0 Å². The van der Waals surface area contributed by atoms with Crippen LogP contribution >= 0.6 is 0 Å². The molecule has 2 aliphatic carbocycles. The second-order valence-electron chi connectivity index (χ2n) is 6.10. The van der Waals surface area contributed by atoms with E-state index in [1.807, 2.05) is 0 Å². The molecule has 2 rings (SSSR count). The standard InChI is InChI=1S/C14H23NO4/c1-2-3-6-10-9-14(15(18)19)8-5-4-7-11(12(10)16)13(14)17/h10-12,16H,2-9H2,1H3/t10-,11-,12+,14-/m1/s1. The molecule has 5 heteroatoms. The van der Waals surface area contributed by atoms with E-state index in [2.05, 4.69) is 6.92 Å². The molecule has 0 aliphatic heterocycles. The molecule has 2 fully saturated rings. The second kappa shape index (κ2) is 5.57. The molecule has 0 aromatic rings. The van der Waals surface area contributed by atoms with Crippen LogP contribution in [0.25, 0.3) is 0 Å². The summed E-state index contributed by atoms with van der Waals surface area (Å²) < 4.78 is 0. The maximum absolute atomic E-state index is 12.4. The lowest BCUT2D eigenvalue weighted by Crippen LogP contribution is -2.58. The number of nitro groups is 1. The molecule has 0 radical (unpaired) electrons. The number of hydrogen-bond donors (Lipinski definition) is 1. The minimum Gasteiger partial charge on any atom is -0.392 e. The van der Waals surface area contributed by atoms with Crippen molar-refractivity contribution in [1.29, 1.82) is 0 Å². The average molecular weight is 269 g/mol. The minimum absolute atomic E-state index is 0.0915. The zero-order valence-corrected chi connectivity index (χ0v) is 11.5. The average Bonchev–Trinajstić information content (AvgIpc) is 2.49. The van der Waals surface area contributed by atoms with Crippen molar-refractivity contribution in [2.45, 2.75) is 69.9 Å². The number of unbranched alkanes of at least 4 members (excludes halogenated alkanes) is 1. The highest BCUT2D eigenvalue weighted by molar-refractivity contribution is 5.90. The summed E-state index contributed by atoms with van der Waals surface area (Å²) in [7, 11) is 0. The Bertz CT molecular complexity index is 370. The fourth-order valence-electron chi connectivity index (χ4n) is 3.79. The molecule has 0 unspecified atom stereocenters.